The molecule has 1 saturated carbocycles. The van der Waals surface area contributed by atoms with E-state index in [0.29, 0.717) is 12.1 Å². The van der Waals surface area contributed by atoms with Crippen LogP contribution in [0.25, 0.3) is 0 Å². The van der Waals surface area contributed by atoms with E-state index < -0.39 is 6.10 Å². The third-order valence-electron chi connectivity index (χ3n) is 3.85. The minimum Gasteiger partial charge on any atom is -0.387 e. The van der Waals surface area contributed by atoms with E-state index in [-0.39, 0.29) is 5.54 Å². The molecule has 1 aromatic carbocycles. The largest absolute Gasteiger partial charge is 0.387 e. The quantitative estimate of drug-likeness (QED) is 0.855. The van der Waals surface area contributed by atoms with Crippen LogP contribution in [0.5, 0.6) is 0 Å². The second kappa shape index (κ2) is 5.51. The fourth-order valence-corrected chi connectivity index (χ4v) is 2.57. The molecule has 0 saturated heterocycles. The summed E-state index contributed by atoms with van der Waals surface area (Å²) in [5, 5.41) is 22.3. The van der Waals surface area contributed by atoms with Gasteiger partial charge in [0.1, 0.15) is 0 Å². The summed E-state index contributed by atoms with van der Waals surface area (Å²) in [7, 11) is 0. The lowest BCUT2D eigenvalue weighted by Crippen LogP contribution is -2.41. The van der Waals surface area contributed by atoms with Crippen molar-refractivity contribution in [3.05, 3.63) is 35.4 Å². The molecule has 96 valence electrons. The van der Waals surface area contributed by atoms with Gasteiger partial charge >= 0.3 is 0 Å². The molecular weight excluding hydrogens is 224 g/mol. The van der Waals surface area contributed by atoms with Crippen molar-refractivity contribution >= 4 is 0 Å². The van der Waals surface area contributed by atoms with E-state index in [1.165, 1.54) is 25.7 Å². The molecule has 3 heteroatoms. The molecule has 0 bridgehead atoms. The molecule has 3 nitrogen and oxygen atoms in total. The Hall–Kier alpha value is -1.37. The van der Waals surface area contributed by atoms with Gasteiger partial charge in [-0.1, -0.05) is 25.0 Å². The highest BCUT2D eigenvalue weighted by Crippen LogP contribution is 2.29. The van der Waals surface area contributed by atoms with Gasteiger partial charge in [0.05, 0.1) is 17.7 Å². The van der Waals surface area contributed by atoms with Crippen LogP contribution in [0.4, 0.5) is 0 Å². The van der Waals surface area contributed by atoms with E-state index in [0.717, 1.165) is 5.56 Å². The van der Waals surface area contributed by atoms with Crippen LogP contribution in [0.15, 0.2) is 24.3 Å². The van der Waals surface area contributed by atoms with Gasteiger partial charge < -0.3 is 10.4 Å². The van der Waals surface area contributed by atoms with E-state index in [9.17, 15) is 5.11 Å². The molecule has 0 aliphatic heterocycles. The Labute approximate surface area is 108 Å². The highest BCUT2D eigenvalue weighted by atomic mass is 16.3. The summed E-state index contributed by atoms with van der Waals surface area (Å²) in [4.78, 5) is 0. The van der Waals surface area contributed by atoms with Gasteiger partial charge in [0, 0.05) is 12.1 Å². The van der Waals surface area contributed by atoms with Crippen molar-refractivity contribution in [2.24, 2.45) is 0 Å². The number of benzene rings is 1. The van der Waals surface area contributed by atoms with Gasteiger partial charge in [-0.05, 0) is 37.5 Å². The van der Waals surface area contributed by atoms with Crippen LogP contribution in [-0.4, -0.2) is 17.2 Å². The number of hydrogen-bond acceptors (Lipinski definition) is 3. The highest BCUT2D eigenvalue weighted by Gasteiger charge is 2.28. The fraction of sp³-hybridized carbons (Fsp3) is 0.533. The number of nitrogens with one attached hydrogen (secondary N) is 1. The Morgan fingerprint density at radius 2 is 1.94 bits per heavy atom. The molecule has 0 radical (unpaired) electrons. The van der Waals surface area contributed by atoms with E-state index >= 15 is 0 Å². The zero-order valence-corrected chi connectivity index (χ0v) is 10.8. The maximum Gasteiger partial charge on any atom is 0.0991 e. The normalized spacial score (nSPS) is 19.4. The molecular formula is C15H20N2O. The number of hydrogen-bond donors (Lipinski definition) is 2. The Bertz CT molecular complexity index is 427. The van der Waals surface area contributed by atoms with Crippen molar-refractivity contribution in [3.8, 4) is 6.07 Å². The molecule has 1 aliphatic rings. The SMILES string of the molecule is CC1(NCC(O)c2ccc(C#N)cc2)CCCC1. The Kier molecular flexibility index (Phi) is 4.00. The third-order valence-corrected chi connectivity index (χ3v) is 3.85. The molecule has 0 heterocycles. The molecule has 0 aromatic heterocycles. The molecule has 1 aliphatic carbocycles. The Morgan fingerprint density at radius 3 is 2.50 bits per heavy atom. The summed E-state index contributed by atoms with van der Waals surface area (Å²) in [6.07, 6.45) is 4.42. The monoisotopic (exact) mass is 244 g/mol. The molecule has 1 atom stereocenters. The zero-order chi connectivity index (χ0) is 13.0. The summed E-state index contributed by atoms with van der Waals surface area (Å²) in [5.41, 5.74) is 1.68. The van der Waals surface area contributed by atoms with Crippen LogP contribution in [0.3, 0.4) is 0 Å². The first-order valence-corrected chi connectivity index (χ1v) is 6.56. The smallest absolute Gasteiger partial charge is 0.0991 e. The molecule has 1 unspecified atom stereocenters. The van der Waals surface area contributed by atoms with Gasteiger partial charge in [-0.15, -0.1) is 0 Å². The topological polar surface area (TPSA) is 56.0 Å². The Morgan fingerprint density at radius 1 is 1.33 bits per heavy atom. The Balaban J connectivity index is 1.91. The van der Waals surface area contributed by atoms with Crippen LogP contribution < -0.4 is 5.32 Å². The maximum atomic E-state index is 10.1. The van der Waals surface area contributed by atoms with E-state index in [1.54, 1.807) is 12.1 Å². The van der Waals surface area contributed by atoms with Gasteiger partial charge in [0.25, 0.3) is 0 Å². The minimum atomic E-state index is -0.504. The average molecular weight is 244 g/mol. The summed E-state index contributed by atoms with van der Waals surface area (Å²) < 4.78 is 0. The van der Waals surface area contributed by atoms with Crippen molar-refractivity contribution in [1.29, 1.82) is 5.26 Å². The fourth-order valence-electron chi connectivity index (χ4n) is 2.57. The number of rotatable bonds is 4. The van der Waals surface area contributed by atoms with Crippen molar-refractivity contribution < 1.29 is 5.11 Å². The molecule has 0 spiro atoms. The predicted octanol–water partition coefficient (Wildman–Crippen LogP) is 2.51. The van der Waals surface area contributed by atoms with Gasteiger partial charge in [-0.2, -0.15) is 5.26 Å². The lowest BCUT2D eigenvalue weighted by Gasteiger charge is -2.27. The van der Waals surface area contributed by atoms with Crippen LogP contribution in [0.2, 0.25) is 0 Å². The van der Waals surface area contributed by atoms with E-state index in [4.69, 9.17) is 5.26 Å². The van der Waals surface area contributed by atoms with Gasteiger partial charge in [-0.25, -0.2) is 0 Å². The van der Waals surface area contributed by atoms with Gasteiger partial charge in [-0.3, -0.25) is 0 Å². The van der Waals surface area contributed by atoms with E-state index in [2.05, 4.69) is 18.3 Å². The number of aliphatic hydroxyl groups excluding tert-OH is 1. The first kappa shape index (κ1) is 13.1. The number of aliphatic hydroxyl groups is 1. The van der Waals surface area contributed by atoms with Crippen LogP contribution in [0, 0.1) is 11.3 Å². The number of nitrogens with zero attached hydrogens (tertiary/aromatic N) is 1. The summed E-state index contributed by atoms with van der Waals surface area (Å²) in [6.45, 7) is 2.80. The van der Waals surface area contributed by atoms with Gasteiger partial charge in [0.2, 0.25) is 0 Å². The average Bonchev–Trinajstić information content (AvgIpc) is 2.83. The summed E-state index contributed by atoms with van der Waals surface area (Å²) in [6, 6.07) is 9.21. The highest BCUT2D eigenvalue weighted by molar-refractivity contribution is 5.32. The van der Waals surface area contributed by atoms with E-state index in [1.807, 2.05) is 12.1 Å². The zero-order valence-electron chi connectivity index (χ0n) is 10.8. The van der Waals surface area contributed by atoms with Crippen LogP contribution in [-0.2, 0) is 0 Å². The van der Waals surface area contributed by atoms with Gasteiger partial charge in [0.15, 0.2) is 0 Å². The van der Waals surface area contributed by atoms with Crippen molar-refractivity contribution in [2.45, 2.75) is 44.2 Å². The lowest BCUT2D eigenvalue weighted by molar-refractivity contribution is 0.159. The number of β-amino-alcohol motifs (C(OH)–C–C–N with tert-alkyl or cyclic N) is 1. The first-order valence-electron chi connectivity index (χ1n) is 6.56. The molecule has 2 rings (SSSR count). The summed E-state index contributed by atoms with van der Waals surface area (Å²) >= 11 is 0. The molecule has 0 amide bonds. The predicted molar refractivity (Wildman–Crippen MR) is 71.0 cm³/mol. The standard InChI is InChI=1S/C15H20N2O/c1-15(8-2-3-9-15)17-11-14(18)13-6-4-12(10-16)5-7-13/h4-7,14,17-18H,2-3,8-9,11H2,1H3. The second-order valence-corrected chi connectivity index (χ2v) is 5.40. The van der Waals surface area contributed by atoms with Crippen molar-refractivity contribution in [1.82, 2.24) is 5.32 Å². The van der Waals surface area contributed by atoms with Crippen LogP contribution in [0.1, 0.15) is 49.8 Å². The molecule has 2 N–H and O–H groups in total. The lowest BCUT2D eigenvalue weighted by atomic mass is 9.99. The molecule has 1 aromatic rings. The second-order valence-electron chi connectivity index (χ2n) is 5.40. The van der Waals surface area contributed by atoms with Crippen molar-refractivity contribution in [3.63, 3.8) is 0 Å². The molecule has 18 heavy (non-hydrogen) atoms. The summed E-state index contributed by atoms with van der Waals surface area (Å²) in [5.74, 6) is 0. The first-order chi connectivity index (χ1) is 8.63. The molecule has 1 fully saturated rings. The number of nitriles is 1. The minimum absolute atomic E-state index is 0.188. The van der Waals surface area contributed by atoms with Crippen molar-refractivity contribution in [2.75, 3.05) is 6.54 Å². The van der Waals surface area contributed by atoms with Crippen LogP contribution >= 0.6 is 0 Å². The third kappa shape index (κ3) is 3.10. The maximum absolute atomic E-state index is 10.1.